The third-order valence-corrected chi connectivity index (χ3v) is 4.57. The van der Waals surface area contributed by atoms with Gasteiger partial charge in [0.05, 0.1) is 4.88 Å². The van der Waals surface area contributed by atoms with E-state index in [-0.39, 0.29) is 22.9 Å². The number of carbonyl (C=O) groups excluding carboxylic acids is 1. The minimum Gasteiger partial charge on any atom is -1.00 e. The molecule has 0 bridgehead atoms. The summed E-state index contributed by atoms with van der Waals surface area (Å²) in [4.78, 5) is 15.5. The molecule has 1 aliphatic heterocycles. The monoisotopic (exact) mass is 332 g/mol. The van der Waals surface area contributed by atoms with Crippen molar-refractivity contribution in [3.05, 3.63) is 16.1 Å². The molecule has 0 unspecified atom stereocenters. The summed E-state index contributed by atoms with van der Waals surface area (Å²) in [5, 5.41) is 0. The minimum atomic E-state index is 0. The Morgan fingerprint density at radius 3 is 2.39 bits per heavy atom. The number of aryl methyl sites for hydroxylation is 1. The summed E-state index contributed by atoms with van der Waals surface area (Å²) in [6, 6.07) is 0. The van der Waals surface area contributed by atoms with Crippen LogP contribution in [-0.4, -0.2) is 23.9 Å². The highest BCUT2D eigenvalue weighted by Gasteiger charge is 2.21. The summed E-state index contributed by atoms with van der Waals surface area (Å²) in [7, 11) is 0. The summed E-state index contributed by atoms with van der Waals surface area (Å²) in [5.41, 5.74) is 3.28. The maximum absolute atomic E-state index is 12.2. The van der Waals surface area contributed by atoms with E-state index < -0.39 is 0 Å². The molecule has 1 amide bonds. The van der Waals surface area contributed by atoms with E-state index in [2.05, 4.69) is 23.9 Å². The molecular weight excluding hydrogens is 312 g/mol. The van der Waals surface area contributed by atoms with Crippen molar-refractivity contribution in [2.45, 2.75) is 46.1 Å². The van der Waals surface area contributed by atoms with Crippen LogP contribution in [0.15, 0.2) is 5.51 Å². The topological polar surface area (TPSA) is 24.2 Å². The van der Waals surface area contributed by atoms with E-state index in [1.54, 1.807) is 11.3 Å². The Morgan fingerprint density at radius 2 is 1.89 bits per heavy atom. The molecule has 0 atom stereocenters. The van der Waals surface area contributed by atoms with Crippen LogP contribution in [0.4, 0.5) is 0 Å². The molecule has 1 fully saturated rings. The van der Waals surface area contributed by atoms with Gasteiger partial charge in [-0.2, -0.15) is 4.57 Å². The second kappa shape index (κ2) is 7.24. The number of hydrogen-bond donors (Lipinski definition) is 0. The predicted octanol–water partition coefficient (Wildman–Crippen LogP) is -0.941. The average Bonchev–Trinajstić information content (AvgIpc) is 2.59. The number of rotatable bonds is 2. The molecule has 0 radical (unpaired) electrons. The van der Waals surface area contributed by atoms with Gasteiger partial charge in [-0.3, -0.25) is 4.79 Å². The fraction of sp³-hybridized carbons (Fsp3) is 0.692. The lowest BCUT2D eigenvalue weighted by Gasteiger charge is -2.18. The lowest BCUT2D eigenvalue weighted by Crippen LogP contribution is -3.00. The summed E-state index contributed by atoms with van der Waals surface area (Å²) in [5.74, 6) is 0.276. The molecule has 2 heterocycles. The maximum Gasteiger partial charge on any atom is 0.288 e. The standard InChI is InChI=1S/C13H21N2OS.BrH/c1-11-12(2)17-10-15(11)9-13(16)14-7-5-3-4-6-8-14;/h10H,3-9H2,1-2H3;1H/q+1;/p-1. The lowest BCUT2D eigenvalue weighted by atomic mass is 10.2. The number of thiazole rings is 1. The van der Waals surface area contributed by atoms with Crippen LogP contribution in [0.1, 0.15) is 36.3 Å². The van der Waals surface area contributed by atoms with Gasteiger partial charge in [-0.1, -0.05) is 24.2 Å². The number of likely N-dealkylation sites (tertiary alicyclic amines) is 1. The fourth-order valence-corrected chi connectivity index (χ4v) is 3.04. The second-order valence-electron chi connectivity index (χ2n) is 4.79. The summed E-state index contributed by atoms with van der Waals surface area (Å²) < 4.78 is 2.08. The Kier molecular flexibility index (Phi) is 6.29. The number of amides is 1. The molecule has 1 aliphatic rings. The average molecular weight is 333 g/mol. The van der Waals surface area contributed by atoms with Gasteiger partial charge in [-0.05, 0) is 19.8 Å². The van der Waals surface area contributed by atoms with Crippen LogP contribution in [0, 0.1) is 13.8 Å². The first-order valence-corrected chi connectivity index (χ1v) is 7.28. The van der Waals surface area contributed by atoms with E-state index in [4.69, 9.17) is 0 Å². The highest BCUT2D eigenvalue weighted by molar-refractivity contribution is 7.09. The van der Waals surface area contributed by atoms with Crippen LogP contribution in [0.2, 0.25) is 0 Å². The molecule has 1 aromatic rings. The zero-order chi connectivity index (χ0) is 12.3. The van der Waals surface area contributed by atoms with Gasteiger partial charge in [0.25, 0.3) is 5.91 Å². The fourth-order valence-electron chi connectivity index (χ4n) is 2.23. The van der Waals surface area contributed by atoms with E-state index >= 15 is 0 Å². The zero-order valence-electron chi connectivity index (χ0n) is 11.1. The normalized spacial score (nSPS) is 16.0. The van der Waals surface area contributed by atoms with Crippen molar-refractivity contribution in [3.8, 4) is 0 Å². The first-order chi connectivity index (χ1) is 8.18. The largest absolute Gasteiger partial charge is 1.00 e. The first kappa shape index (κ1) is 15.6. The number of hydrogen-bond acceptors (Lipinski definition) is 2. The molecule has 0 spiro atoms. The summed E-state index contributed by atoms with van der Waals surface area (Å²) >= 11 is 1.72. The molecule has 102 valence electrons. The Morgan fingerprint density at radius 1 is 1.28 bits per heavy atom. The van der Waals surface area contributed by atoms with Gasteiger partial charge in [0.15, 0.2) is 5.69 Å². The van der Waals surface area contributed by atoms with Gasteiger partial charge in [-0.25, -0.2) is 0 Å². The second-order valence-corrected chi connectivity index (χ2v) is 5.85. The highest BCUT2D eigenvalue weighted by Crippen LogP contribution is 2.11. The number of aromatic nitrogens is 1. The molecule has 1 aromatic heterocycles. The molecule has 0 N–H and O–H groups in total. The SMILES string of the molecule is Cc1sc[n+](CC(=O)N2CCCCCC2)c1C.[Br-]. The molecule has 3 nitrogen and oxygen atoms in total. The van der Waals surface area contributed by atoms with Crippen LogP contribution in [-0.2, 0) is 11.3 Å². The Labute approximate surface area is 124 Å². The van der Waals surface area contributed by atoms with Gasteiger partial charge in [0.2, 0.25) is 12.1 Å². The Hall–Kier alpha value is -0.420. The van der Waals surface area contributed by atoms with Gasteiger partial charge in [-0.15, -0.1) is 0 Å². The first-order valence-electron chi connectivity index (χ1n) is 6.40. The quantitative estimate of drug-likeness (QED) is 0.641. The Balaban J connectivity index is 0.00000162. The van der Waals surface area contributed by atoms with Gasteiger partial charge in [0.1, 0.15) is 0 Å². The predicted molar refractivity (Wildman–Crippen MR) is 69.0 cm³/mol. The van der Waals surface area contributed by atoms with Crippen molar-refractivity contribution in [2.75, 3.05) is 13.1 Å². The molecule has 0 saturated carbocycles. The van der Waals surface area contributed by atoms with Gasteiger partial charge < -0.3 is 21.9 Å². The number of halogens is 1. The van der Waals surface area contributed by atoms with E-state index in [1.807, 2.05) is 4.90 Å². The molecule has 0 aliphatic carbocycles. The van der Waals surface area contributed by atoms with Crippen LogP contribution in [0.5, 0.6) is 0 Å². The third kappa shape index (κ3) is 3.79. The zero-order valence-corrected chi connectivity index (χ0v) is 13.5. The van der Waals surface area contributed by atoms with Gasteiger partial charge >= 0.3 is 0 Å². The number of nitrogens with zero attached hydrogens (tertiary/aromatic N) is 2. The van der Waals surface area contributed by atoms with Crippen molar-refractivity contribution < 1.29 is 26.3 Å². The summed E-state index contributed by atoms with van der Waals surface area (Å²) in [6.07, 6.45) is 4.87. The molecule has 18 heavy (non-hydrogen) atoms. The van der Waals surface area contributed by atoms with Crippen LogP contribution in [0.3, 0.4) is 0 Å². The van der Waals surface area contributed by atoms with Crippen molar-refractivity contribution >= 4 is 17.2 Å². The van der Waals surface area contributed by atoms with Crippen molar-refractivity contribution in [1.82, 2.24) is 4.90 Å². The molecule has 5 heteroatoms. The van der Waals surface area contributed by atoms with Crippen molar-refractivity contribution in [2.24, 2.45) is 0 Å². The van der Waals surface area contributed by atoms with Crippen LogP contribution >= 0.6 is 11.3 Å². The lowest BCUT2D eigenvalue weighted by molar-refractivity contribution is -0.686. The molecule has 1 saturated heterocycles. The third-order valence-electron chi connectivity index (χ3n) is 3.56. The smallest absolute Gasteiger partial charge is 0.288 e. The van der Waals surface area contributed by atoms with Crippen molar-refractivity contribution in [1.29, 1.82) is 0 Å². The maximum atomic E-state index is 12.2. The Bertz CT molecular complexity index is 398. The van der Waals surface area contributed by atoms with E-state index in [9.17, 15) is 4.79 Å². The van der Waals surface area contributed by atoms with Crippen LogP contribution in [0.25, 0.3) is 0 Å². The van der Waals surface area contributed by atoms with E-state index in [0.29, 0.717) is 6.54 Å². The van der Waals surface area contributed by atoms with Crippen molar-refractivity contribution in [3.63, 3.8) is 0 Å². The molecular formula is C13H21BrN2OS. The summed E-state index contributed by atoms with van der Waals surface area (Å²) in [6.45, 7) is 6.59. The van der Waals surface area contributed by atoms with E-state index in [0.717, 1.165) is 25.9 Å². The van der Waals surface area contributed by atoms with Crippen LogP contribution < -0.4 is 21.5 Å². The number of carbonyl (C=O) groups is 1. The molecule has 2 rings (SSSR count). The highest BCUT2D eigenvalue weighted by atomic mass is 79.9. The molecule has 0 aromatic carbocycles. The van der Waals surface area contributed by atoms with Gasteiger partial charge in [0, 0.05) is 20.0 Å². The van der Waals surface area contributed by atoms with E-state index in [1.165, 1.54) is 23.4 Å². The minimum absolute atomic E-state index is 0.